The Morgan fingerprint density at radius 1 is 1.21 bits per heavy atom. The lowest BCUT2D eigenvalue weighted by molar-refractivity contribution is 0.446. The highest BCUT2D eigenvalue weighted by Gasteiger charge is 2.27. The first-order valence-corrected chi connectivity index (χ1v) is 8.18. The lowest BCUT2D eigenvalue weighted by Crippen LogP contribution is -2.18. The van der Waals surface area contributed by atoms with Crippen LogP contribution in [-0.4, -0.2) is 0 Å². The number of hydrogen-bond acceptors (Lipinski definition) is 1. The zero-order chi connectivity index (χ0) is 13.4. The molecule has 0 fully saturated rings. The molecule has 3 rings (SSSR count). The molecule has 1 aromatic heterocycles. The van der Waals surface area contributed by atoms with Crippen LogP contribution < -0.4 is 0 Å². The molecule has 2 atom stereocenters. The Bertz CT molecular complexity index is 585. The number of hydrogen-bond donors (Lipinski definition) is 0. The topological polar surface area (TPSA) is 0 Å². The SMILES string of the molecule is Cc1cc(C)c(C(Cl)C2CCc3ccccc3C2)s1. The van der Waals surface area contributed by atoms with Crippen molar-refractivity contribution in [3.05, 3.63) is 56.8 Å². The maximum absolute atomic E-state index is 6.78. The van der Waals surface area contributed by atoms with Crippen molar-refractivity contribution in [1.82, 2.24) is 0 Å². The average Bonchev–Trinajstić information content (AvgIpc) is 2.76. The van der Waals surface area contributed by atoms with Crippen LogP contribution in [0.25, 0.3) is 0 Å². The second kappa shape index (κ2) is 5.30. The van der Waals surface area contributed by atoms with E-state index in [4.69, 9.17) is 11.6 Å². The minimum absolute atomic E-state index is 0.173. The second-order valence-electron chi connectivity index (χ2n) is 5.58. The molecule has 0 spiro atoms. The van der Waals surface area contributed by atoms with Crippen LogP contribution in [0.5, 0.6) is 0 Å². The molecular weight excluding hydrogens is 272 g/mol. The van der Waals surface area contributed by atoms with Gasteiger partial charge in [-0.3, -0.25) is 0 Å². The molecule has 2 heteroatoms. The summed E-state index contributed by atoms with van der Waals surface area (Å²) in [6.45, 7) is 4.35. The highest BCUT2D eigenvalue weighted by Crippen LogP contribution is 2.42. The molecule has 19 heavy (non-hydrogen) atoms. The fraction of sp³-hybridized carbons (Fsp3) is 0.412. The second-order valence-corrected chi connectivity index (χ2v) is 7.34. The van der Waals surface area contributed by atoms with Gasteiger partial charge in [-0.05, 0) is 61.8 Å². The smallest absolute Gasteiger partial charge is 0.0712 e. The van der Waals surface area contributed by atoms with Gasteiger partial charge in [-0.2, -0.15) is 0 Å². The summed E-state index contributed by atoms with van der Waals surface area (Å²) in [6, 6.07) is 11.1. The third-order valence-electron chi connectivity index (χ3n) is 4.13. The van der Waals surface area contributed by atoms with Crippen LogP contribution in [0.1, 0.15) is 38.2 Å². The molecule has 1 aliphatic rings. The Morgan fingerprint density at radius 3 is 2.63 bits per heavy atom. The summed E-state index contributed by atoms with van der Waals surface area (Å²) >= 11 is 8.65. The van der Waals surface area contributed by atoms with Crippen LogP contribution in [0.4, 0.5) is 0 Å². The predicted molar refractivity (Wildman–Crippen MR) is 84.3 cm³/mol. The van der Waals surface area contributed by atoms with E-state index in [1.54, 1.807) is 0 Å². The standard InChI is InChI=1S/C17H19ClS/c1-11-9-12(2)19-17(11)16(18)15-8-7-13-5-3-4-6-14(13)10-15/h3-6,9,15-16H,7-8,10H2,1-2H3. The van der Waals surface area contributed by atoms with Crippen LogP contribution in [0.3, 0.4) is 0 Å². The van der Waals surface area contributed by atoms with E-state index in [2.05, 4.69) is 44.2 Å². The predicted octanol–water partition coefficient (Wildman–Crippen LogP) is 5.45. The van der Waals surface area contributed by atoms with Gasteiger partial charge in [-0.15, -0.1) is 22.9 Å². The zero-order valence-corrected chi connectivity index (χ0v) is 13.0. The van der Waals surface area contributed by atoms with Gasteiger partial charge in [-0.1, -0.05) is 24.3 Å². The van der Waals surface area contributed by atoms with Crippen molar-refractivity contribution in [1.29, 1.82) is 0 Å². The summed E-state index contributed by atoms with van der Waals surface area (Å²) in [6.07, 6.45) is 3.51. The summed E-state index contributed by atoms with van der Waals surface area (Å²) in [5.74, 6) is 0.577. The van der Waals surface area contributed by atoms with Gasteiger partial charge in [-0.25, -0.2) is 0 Å². The van der Waals surface area contributed by atoms with E-state index >= 15 is 0 Å². The van der Waals surface area contributed by atoms with Gasteiger partial charge in [0.1, 0.15) is 0 Å². The van der Waals surface area contributed by atoms with Crippen molar-refractivity contribution in [2.24, 2.45) is 5.92 Å². The van der Waals surface area contributed by atoms with Gasteiger partial charge in [0.05, 0.1) is 5.38 Å². The Balaban J connectivity index is 1.83. The first kappa shape index (κ1) is 13.2. The van der Waals surface area contributed by atoms with Crippen molar-refractivity contribution in [3.8, 4) is 0 Å². The molecule has 1 aliphatic carbocycles. The number of thiophene rings is 1. The fourth-order valence-corrected chi connectivity index (χ4v) is 4.75. The Kier molecular flexibility index (Phi) is 3.68. The summed E-state index contributed by atoms with van der Waals surface area (Å²) in [5, 5.41) is 0.173. The van der Waals surface area contributed by atoms with E-state index in [1.807, 2.05) is 11.3 Å². The number of benzene rings is 1. The first-order valence-electron chi connectivity index (χ1n) is 6.93. The lowest BCUT2D eigenvalue weighted by atomic mass is 9.81. The number of fused-ring (bicyclic) bond motifs is 1. The molecule has 0 saturated heterocycles. The van der Waals surface area contributed by atoms with E-state index in [1.165, 1.54) is 39.3 Å². The number of aryl methyl sites for hydroxylation is 3. The van der Waals surface area contributed by atoms with Gasteiger partial charge in [0.15, 0.2) is 0 Å². The molecule has 1 heterocycles. The molecule has 2 aromatic rings. The average molecular weight is 291 g/mol. The van der Waals surface area contributed by atoms with Gasteiger partial charge >= 0.3 is 0 Å². The van der Waals surface area contributed by atoms with Crippen molar-refractivity contribution in [3.63, 3.8) is 0 Å². The van der Waals surface area contributed by atoms with Crippen LogP contribution in [0.2, 0.25) is 0 Å². The maximum Gasteiger partial charge on any atom is 0.0712 e. The summed E-state index contributed by atoms with van der Waals surface area (Å²) in [5.41, 5.74) is 4.37. The van der Waals surface area contributed by atoms with Crippen LogP contribution in [0, 0.1) is 19.8 Å². The van der Waals surface area contributed by atoms with E-state index in [9.17, 15) is 0 Å². The number of alkyl halides is 1. The Morgan fingerprint density at radius 2 is 1.95 bits per heavy atom. The number of halogens is 1. The molecule has 0 aliphatic heterocycles. The molecule has 1 aromatic carbocycles. The third kappa shape index (κ3) is 2.59. The third-order valence-corrected chi connectivity index (χ3v) is 6.07. The molecule has 0 bridgehead atoms. The van der Waals surface area contributed by atoms with Crippen LogP contribution in [0.15, 0.2) is 30.3 Å². The van der Waals surface area contributed by atoms with Crippen molar-refractivity contribution in [2.45, 2.75) is 38.5 Å². The fourth-order valence-electron chi connectivity index (χ4n) is 3.12. The molecule has 0 saturated carbocycles. The maximum atomic E-state index is 6.78. The molecule has 0 radical (unpaired) electrons. The van der Waals surface area contributed by atoms with Gasteiger partial charge in [0.25, 0.3) is 0 Å². The summed E-state index contributed by atoms with van der Waals surface area (Å²) in [4.78, 5) is 2.75. The largest absolute Gasteiger partial charge is 0.144 e. The molecule has 0 nitrogen and oxygen atoms in total. The van der Waals surface area contributed by atoms with E-state index in [0.717, 1.165) is 6.42 Å². The highest BCUT2D eigenvalue weighted by atomic mass is 35.5. The lowest BCUT2D eigenvalue weighted by Gasteiger charge is -2.28. The molecule has 0 N–H and O–H groups in total. The van der Waals surface area contributed by atoms with Crippen molar-refractivity contribution in [2.75, 3.05) is 0 Å². The van der Waals surface area contributed by atoms with Crippen molar-refractivity contribution < 1.29 is 0 Å². The minimum atomic E-state index is 0.173. The van der Waals surface area contributed by atoms with E-state index in [0.29, 0.717) is 5.92 Å². The van der Waals surface area contributed by atoms with Gasteiger partial charge in [0.2, 0.25) is 0 Å². The van der Waals surface area contributed by atoms with Crippen molar-refractivity contribution >= 4 is 22.9 Å². The Labute approximate surface area is 124 Å². The monoisotopic (exact) mass is 290 g/mol. The quantitative estimate of drug-likeness (QED) is 0.645. The summed E-state index contributed by atoms with van der Waals surface area (Å²) < 4.78 is 0. The summed E-state index contributed by atoms with van der Waals surface area (Å²) in [7, 11) is 0. The zero-order valence-electron chi connectivity index (χ0n) is 11.4. The Hall–Kier alpha value is -0.790. The van der Waals surface area contributed by atoms with E-state index in [-0.39, 0.29) is 5.38 Å². The van der Waals surface area contributed by atoms with Gasteiger partial charge < -0.3 is 0 Å². The van der Waals surface area contributed by atoms with E-state index < -0.39 is 0 Å². The normalized spacial score (nSPS) is 20.1. The van der Waals surface area contributed by atoms with Gasteiger partial charge in [0, 0.05) is 9.75 Å². The number of rotatable bonds is 2. The molecular formula is C17H19ClS. The van der Waals surface area contributed by atoms with Crippen LogP contribution >= 0.6 is 22.9 Å². The molecule has 2 unspecified atom stereocenters. The van der Waals surface area contributed by atoms with Crippen LogP contribution in [-0.2, 0) is 12.8 Å². The first-order chi connectivity index (χ1) is 9.15. The molecule has 0 amide bonds. The minimum Gasteiger partial charge on any atom is -0.144 e. The molecule has 100 valence electrons. The highest BCUT2D eigenvalue weighted by molar-refractivity contribution is 7.12.